The Kier molecular flexibility index (Phi) is 11.3. The number of aromatic nitrogens is 2. The quantitative estimate of drug-likeness (QED) is 0.153. The van der Waals surface area contributed by atoms with E-state index in [0.717, 1.165) is 28.3 Å². The molecule has 1 heterocycles. The van der Waals surface area contributed by atoms with Crippen LogP contribution in [0.25, 0.3) is 10.8 Å². The van der Waals surface area contributed by atoms with Crippen LogP contribution in [-0.4, -0.2) is 57.7 Å². The molecule has 0 aliphatic heterocycles. The Morgan fingerprint density at radius 1 is 0.884 bits per heavy atom. The summed E-state index contributed by atoms with van der Waals surface area (Å²) in [6.07, 6.45) is 3.38. The summed E-state index contributed by atoms with van der Waals surface area (Å²) in [5, 5.41) is 20.3. The molecular weight excluding hydrogens is 546 g/mol. The van der Waals surface area contributed by atoms with E-state index in [1.54, 1.807) is 6.20 Å². The zero-order chi connectivity index (χ0) is 30.6. The Morgan fingerprint density at radius 2 is 1.58 bits per heavy atom. The molecule has 1 aromatic heterocycles. The zero-order valence-corrected chi connectivity index (χ0v) is 24.5. The van der Waals surface area contributed by atoms with Crippen molar-refractivity contribution < 1.29 is 24.2 Å². The van der Waals surface area contributed by atoms with Crippen LogP contribution in [0.3, 0.4) is 0 Å². The number of aliphatic hydroxyl groups excluding tert-OH is 1. The molecule has 0 spiro atoms. The summed E-state index contributed by atoms with van der Waals surface area (Å²) in [7, 11) is 0. The Balaban J connectivity index is 1.56. The van der Waals surface area contributed by atoms with Gasteiger partial charge in [0.2, 0.25) is 11.8 Å². The van der Waals surface area contributed by atoms with Crippen molar-refractivity contribution in [2.24, 2.45) is 5.92 Å². The molecule has 4 aromatic rings. The molecule has 10 heteroatoms. The van der Waals surface area contributed by atoms with E-state index in [9.17, 15) is 19.5 Å². The third-order valence-electron chi connectivity index (χ3n) is 7.59. The number of benzene rings is 3. The smallest absolute Gasteiger partial charge is 0.408 e. The largest absolute Gasteiger partial charge is 0.445 e. The Bertz CT molecular complexity index is 1470. The van der Waals surface area contributed by atoms with Crippen LogP contribution in [0, 0.1) is 5.92 Å². The second-order valence-corrected chi connectivity index (χ2v) is 10.6. The predicted octanol–water partition coefficient (Wildman–Crippen LogP) is 3.65. The molecule has 10 nitrogen and oxygen atoms in total. The summed E-state index contributed by atoms with van der Waals surface area (Å²) in [6, 6.07) is 20.3. The van der Waals surface area contributed by atoms with Gasteiger partial charge >= 0.3 is 6.09 Å². The summed E-state index contributed by atoms with van der Waals surface area (Å²) in [4.78, 5) is 47.2. The van der Waals surface area contributed by atoms with Gasteiger partial charge in [-0.1, -0.05) is 93.1 Å². The van der Waals surface area contributed by atoms with Crippen LogP contribution in [0.15, 0.2) is 85.3 Å². The van der Waals surface area contributed by atoms with Gasteiger partial charge in [-0.15, -0.1) is 0 Å². The number of rotatable bonds is 14. The van der Waals surface area contributed by atoms with Gasteiger partial charge in [0.1, 0.15) is 18.7 Å². The van der Waals surface area contributed by atoms with E-state index in [2.05, 4.69) is 25.9 Å². The van der Waals surface area contributed by atoms with Crippen molar-refractivity contribution in [2.75, 3.05) is 6.61 Å². The van der Waals surface area contributed by atoms with Crippen molar-refractivity contribution >= 4 is 28.7 Å². The fourth-order valence-electron chi connectivity index (χ4n) is 4.84. The molecule has 4 atom stereocenters. The second kappa shape index (κ2) is 15.5. The fourth-order valence-corrected chi connectivity index (χ4v) is 4.84. The van der Waals surface area contributed by atoms with Crippen molar-refractivity contribution in [1.29, 1.82) is 0 Å². The third kappa shape index (κ3) is 8.89. The molecule has 0 fully saturated rings. The van der Waals surface area contributed by atoms with Gasteiger partial charge in [0.25, 0.3) is 0 Å². The van der Waals surface area contributed by atoms with E-state index in [0.29, 0.717) is 5.69 Å². The zero-order valence-electron chi connectivity index (χ0n) is 24.5. The molecule has 43 heavy (non-hydrogen) atoms. The molecule has 5 N–H and O–H groups in total. The molecule has 0 saturated heterocycles. The Morgan fingerprint density at radius 3 is 2.30 bits per heavy atom. The molecular formula is C33H39N5O5. The number of hydrogen-bond acceptors (Lipinski definition) is 6. The first-order chi connectivity index (χ1) is 20.9. The van der Waals surface area contributed by atoms with Gasteiger partial charge in [-0.3, -0.25) is 9.59 Å². The highest BCUT2D eigenvalue weighted by molar-refractivity contribution is 5.93. The number of nitrogens with one attached hydrogen (secondary N) is 4. The first-order valence-electron chi connectivity index (χ1n) is 14.5. The van der Waals surface area contributed by atoms with Gasteiger partial charge in [0.05, 0.1) is 19.0 Å². The number of H-pyrrole nitrogens is 1. The SMILES string of the molecule is CCC(C)[C@@H](CO)NC(=O)[C@H](Cc1cnc[nH]1)NC(=O)[C@H](Cc1cccc2ccccc12)NC(=O)OCc1ccccc1. The van der Waals surface area contributed by atoms with Crippen molar-refractivity contribution in [2.45, 2.75) is 57.8 Å². The highest BCUT2D eigenvalue weighted by atomic mass is 16.5. The van der Waals surface area contributed by atoms with E-state index in [4.69, 9.17) is 4.74 Å². The number of carbonyl (C=O) groups excluding carboxylic acids is 3. The normalized spacial score (nSPS) is 13.8. The molecule has 0 saturated carbocycles. The van der Waals surface area contributed by atoms with Crippen molar-refractivity contribution in [3.8, 4) is 0 Å². The number of fused-ring (bicyclic) bond motifs is 1. The number of imidazole rings is 1. The highest BCUT2D eigenvalue weighted by Crippen LogP contribution is 2.20. The lowest BCUT2D eigenvalue weighted by atomic mass is 9.97. The number of nitrogens with zero attached hydrogens (tertiary/aromatic N) is 1. The maximum atomic E-state index is 13.8. The Labute approximate surface area is 251 Å². The van der Waals surface area contributed by atoms with Crippen LogP contribution >= 0.6 is 0 Å². The number of hydrogen-bond donors (Lipinski definition) is 5. The van der Waals surface area contributed by atoms with E-state index in [1.807, 2.05) is 86.6 Å². The van der Waals surface area contributed by atoms with Gasteiger partial charge in [-0.2, -0.15) is 0 Å². The fraction of sp³-hybridized carbons (Fsp3) is 0.333. The lowest BCUT2D eigenvalue weighted by molar-refractivity contribution is -0.130. The number of aliphatic hydroxyl groups is 1. The van der Waals surface area contributed by atoms with Crippen LogP contribution in [0.1, 0.15) is 37.1 Å². The Hall–Kier alpha value is -4.70. The number of carbonyl (C=O) groups is 3. The molecule has 0 aliphatic carbocycles. The van der Waals surface area contributed by atoms with Gasteiger partial charge in [0.15, 0.2) is 0 Å². The highest BCUT2D eigenvalue weighted by Gasteiger charge is 2.30. The van der Waals surface area contributed by atoms with E-state index >= 15 is 0 Å². The summed E-state index contributed by atoms with van der Waals surface area (Å²) in [6.45, 7) is 3.72. The number of ether oxygens (including phenoxy) is 1. The van der Waals surface area contributed by atoms with Crippen molar-refractivity contribution in [3.05, 3.63) is 102 Å². The average Bonchev–Trinajstić information content (AvgIpc) is 3.55. The van der Waals surface area contributed by atoms with E-state index < -0.39 is 36.0 Å². The topological polar surface area (TPSA) is 145 Å². The van der Waals surface area contributed by atoms with E-state index in [-0.39, 0.29) is 32.0 Å². The molecule has 3 aromatic carbocycles. The van der Waals surface area contributed by atoms with Crippen LogP contribution in [0.4, 0.5) is 4.79 Å². The summed E-state index contributed by atoms with van der Waals surface area (Å²) < 4.78 is 5.43. The number of amides is 3. The maximum Gasteiger partial charge on any atom is 0.408 e. The minimum Gasteiger partial charge on any atom is -0.445 e. The molecule has 0 radical (unpaired) electrons. The minimum absolute atomic E-state index is 0.0256. The molecule has 1 unspecified atom stereocenters. The van der Waals surface area contributed by atoms with Crippen LogP contribution in [-0.2, 0) is 33.8 Å². The van der Waals surface area contributed by atoms with Gasteiger partial charge in [0, 0.05) is 24.7 Å². The van der Waals surface area contributed by atoms with Gasteiger partial charge < -0.3 is 30.8 Å². The van der Waals surface area contributed by atoms with Crippen LogP contribution in [0.5, 0.6) is 0 Å². The van der Waals surface area contributed by atoms with E-state index in [1.165, 1.54) is 6.33 Å². The first kappa shape index (κ1) is 31.2. The van der Waals surface area contributed by atoms with Crippen molar-refractivity contribution in [3.63, 3.8) is 0 Å². The van der Waals surface area contributed by atoms with Gasteiger partial charge in [-0.05, 0) is 27.8 Å². The lowest BCUT2D eigenvalue weighted by Gasteiger charge is -2.27. The van der Waals surface area contributed by atoms with Crippen molar-refractivity contribution in [1.82, 2.24) is 25.9 Å². The van der Waals surface area contributed by atoms with Gasteiger partial charge in [-0.25, -0.2) is 9.78 Å². The molecule has 3 amide bonds. The first-order valence-corrected chi connectivity index (χ1v) is 14.5. The average molecular weight is 586 g/mol. The number of aromatic amines is 1. The second-order valence-electron chi connectivity index (χ2n) is 10.6. The third-order valence-corrected chi connectivity index (χ3v) is 7.59. The lowest BCUT2D eigenvalue weighted by Crippen LogP contribution is -2.57. The monoisotopic (exact) mass is 585 g/mol. The minimum atomic E-state index is -1.05. The summed E-state index contributed by atoms with van der Waals surface area (Å²) in [5.41, 5.74) is 2.31. The predicted molar refractivity (Wildman–Crippen MR) is 164 cm³/mol. The van der Waals surface area contributed by atoms with Crippen LogP contribution in [0.2, 0.25) is 0 Å². The van der Waals surface area contributed by atoms with Crippen LogP contribution < -0.4 is 16.0 Å². The number of alkyl carbamates (subject to hydrolysis) is 1. The molecule has 4 rings (SSSR count). The maximum absolute atomic E-state index is 13.8. The molecule has 0 aliphatic rings. The molecule has 0 bridgehead atoms. The molecule has 226 valence electrons. The summed E-state index contributed by atoms with van der Waals surface area (Å²) >= 11 is 0. The standard InChI is InChI=1S/C33H39N5O5/c1-3-22(2)30(19-39)37-32(41)29(17-26-18-34-21-35-26)36-31(40)28(38-33(42)43-20-23-10-5-4-6-11-23)16-25-14-9-13-24-12-7-8-15-27(24)25/h4-15,18,21-22,28-30,39H,3,16-17,19-20H2,1-2H3,(H,34,35)(H,36,40)(H,37,41)(H,38,42)/t22?,28-,29-,30+/m0/s1. The summed E-state index contributed by atoms with van der Waals surface area (Å²) in [5.74, 6) is -0.969.